The first-order chi connectivity index (χ1) is 12.0. The second-order valence-electron chi connectivity index (χ2n) is 7.29. The summed E-state index contributed by atoms with van der Waals surface area (Å²) in [5, 5.41) is 3.02. The summed E-state index contributed by atoms with van der Waals surface area (Å²) < 4.78 is 11.9. The molecule has 1 atom stereocenters. The molecule has 25 heavy (non-hydrogen) atoms. The molecule has 1 fully saturated rings. The highest BCUT2D eigenvalue weighted by atomic mass is 16.5. The van der Waals surface area contributed by atoms with Gasteiger partial charge in [0.15, 0.2) is 0 Å². The lowest BCUT2D eigenvalue weighted by molar-refractivity contribution is -0.140. The van der Waals surface area contributed by atoms with Crippen LogP contribution < -0.4 is 10.1 Å². The number of ether oxygens (including phenoxy) is 2. The van der Waals surface area contributed by atoms with Crippen LogP contribution in [0.5, 0.6) is 5.75 Å². The van der Waals surface area contributed by atoms with Crippen LogP contribution in [0, 0.1) is 6.92 Å². The Morgan fingerprint density at radius 3 is 2.56 bits per heavy atom. The van der Waals surface area contributed by atoms with Crippen LogP contribution in [0.1, 0.15) is 71.3 Å². The number of aryl methyl sites for hydroxylation is 1. The molecule has 0 unspecified atom stereocenters. The summed E-state index contributed by atoms with van der Waals surface area (Å²) in [7, 11) is 0. The number of hydrogen-bond donors (Lipinski definition) is 1. The molecular formula is C21H33NO3. The summed E-state index contributed by atoms with van der Waals surface area (Å²) >= 11 is 0. The van der Waals surface area contributed by atoms with Crippen LogP contribution in [-0.2, 0) is 9.53 Å². The molecule has 1 aromatic rings. The van der Waals surface area contributed by atoms with Crippen LogP contribution in [0.2, 0.25) is 0 Å². The van der Waals surface area contributed by atoms with Gasteiger partial charge in [0.1, 0.15) is 11.4 Å². The molecule has 4 nitrogen and oxygen atoms in total. The second-order valence-corrected chi connectivity index (χ2v) is 7.29. The van der Waals surface area contributed by atoms with Crippen LogP contribution in [0.3, 0.4) is 0 Å². The van der Waals surface area contributed by atoms with Crippen molar-refractivity contribution in [3.8, 4) is 5.75 Å². The predicted octanol–water partition coefficient (Wildman–Crippen LogP) is 5.24. The van der Waals surface area contributed by atoms with Crippen LogP contribution in [-0.4, -0.2) is 24.2 Å². The summed E-state index contributed by atoms with van der Waals surface area (Å²) in [6.45, 7) is 8.62. The first-order valence-corrected chi connectivity index (χ1v) is 9.71. The predicted molar refractivity (Wildman–Crippen MR) is 102 cm³/mol. The van der Waals surface area contributed by atoms with Gasteiger partial charge in [-0.2, -0.15) is 0 Å². The molecule has 1 saturated carbocycles. The zero-order chi connectivity index (χ0) is 18.3. The molecule has 4 heteroatoms. The molecule has 0 aliphatic heterocycles. The Labute approximate surface area is 152 Å². The minimum atomic E-state index is -0.780. The third kappa shape index (κ3) is 5.46. The third-order valence-corrected chi connectivity index (χ3v) is 4.86. The highest BCUT2D eigenvalue weighted by Crippen LogP contribution is 2.29. The Morgan fingerprint density at radius 2 is 1.96 bits per heavy atom. The van der Waals surface area contributed by atoms with Gasteiger partial charge in [-0.1, -0.05) is 20.3 Å². The quantitative estimate of drug-likeness (QED) is 0.664. The van der Waals surface area contributed by atoms with Gasteiger partial charge in [0.05, 0.1) is 6.10 Å². The molecule has 0 bridgehead atoms. The van der Waals surface area contributed by atoms with E-state index in [1.54, 1.807) is 0 Å². The van der Waals surface area contributed by atoms with Crippen molar-refractivity contribution in [1.29, 1.82) is 0 Å². The molecule has 140 valence electrons. The molecule has 2 rings (SSSR count). The Hall–Kier alpha value is -1.55. The molecule has 1 N–H and O–H groups in total. The van der Waals surface area contributed by atoms with Crippen molar-refractivity contribution in [2.24, 2.45) is 0 Å². The largest absolute Gasteiger partial charge is 0.490 e. The van der Waals surface area contributed by atoms with Crippen LogP contribution in [0.15, 0.2) is 18.2 Å². The fraction of sp³-hybridized carbons (Fsp3) is 0.667. The van der Waals surface area contributed by atoms with Gasteiger partial charge in [0.2, 0.25) is 0 Å². The van der Waals surface area contributed by atoms with E-state index in [0.29, 0.717) is 19.1 Å². The monoisotopic (exact) mass is 347 g/mol. The maximum atomic E-state index is 12.7. The highest BCUT2D eigenvalue weighted by Gasteiger charge is 2.33. The van der Waals surface area contributed by atoms with Crippen molar-refractivity contribution in [3.63, 3.8) is 0 Å². The standard InChI is InChI=1S/C21H33NO3/c1-5-13-21(4,24-14-6-2)20(23)22-17-11-12-19(16(3)15-17)25-18-9-7-8-10-18/h11-12,15,18H,5-10,13-14H2,1-4H3,(H,22,23)/t21-/m1/s1. The van der Waals surface area contributed by atoms with Crippen LogP contribution in [0.25, 0.3) is 0 Å². The summed E-state index contributed by atoms with van der Waals surface area (Å²) in [6.07, 6.45) is 7.65. The summed E-state index contributed by atoms with van der Waals surface area (Å²) in [5.74, 6) is 0.843. The minimum absolute atomic E-state index is 0.0772. The van der Waals surface area contributed by atoms with Crippen LogP contribution >= 0.6 is 0 Å². The van der Waals surface area contributed by atoms with Gasteiger partial charge in [0, 0.05) is 12.3 Å². The van der Waals surface area contributed by atoms with Gasteiger partial charge in [-0.3, -0.25) is 4.79 Å². The van der Waals surface area contributed by atoms with E-state index in [9.17, 15) is 4.79 Å². The Bertz CT molecular complexity index is 566. The summed E-state index contributed by atoms with van der Waals surface area (Å²) in [6, 6.07) is 5.86. The number of hydrogen-bond acceptors (Lipinski definition) is 3. The molecular weight excluding hydrogens is 314 g/mol. The number of carbonyl (C=O) groups is 1. The number of amides is 1. The van der Waals surface area contributed by atoms with Gasteiger partial charge < -0.3 is 14.8 Å². The number of nitrogens with one attached hydrogen (secondary N) is 1. The zero-order valence-electron chi connectivity index (χ0n) is 16.2. The SMILES string of the molecule is CCCO[C@](C)(CCC)C(=O)Nc1ccc(OC2CCCC2)c(C)c1. The average molecular weight is 347 g/mol. The number of rotatable bonds is 9. The lowest BCUT2D eigenvalue weighted by Crippen LogP contribution is -2.43. The lowest BCUT2D eigenvalue weighted by atomic mass is 9.98. The van der Waals surface area contributed by atoms with Gasteiger partial charge in [-0.15, -0.1) is 0 Å². The van der Waals surface area contributed by atoms with Gasteiger partial charge >= 0.3 is 0 Å². The fourth-order valence-electron chi connectivity index (χ4n) is 3.36. The molecule has 1 aromatic carbocycles. The summed E-state index contributed by atoms with van der Waals surface area (Å²) in [4.78, 5) is 12.7. The van der Waals surface area contributed by atoms with E-state index in [1.807, 2.05) is 32.0 Å². The van der Waals surface area contributed by atoms with E-state index in [4.69, 9.17) is 9.47 Å². The van der Waals surface area contributed by atoms with Crippen molar-refractivity contribution in [3.05, 3.63) is 23.8 Å². The van der Waals surface area contributed by atoms with Crippen molar-refractivity contribution < 1.29 is 14.3 Å². The molecule has 0 saturated heterocycles. The normalized spacial score (nSPS) is 17.3. The molecule has 1 aliphatic carbocycles. The second kappa shape index (κ2) is 9.23. The average Bonchev–Trinajstić information content (AvgIpc) is 3.09. The van der Waals surface area contributed by atoms with Gasteiger partial charge in [0.25, 0.3) is 5.91 Å². The topological polar surface area (TPSA) is 47.6 Å². The molecule has 0 aromatic heterocycles. The third-order valence-electron chi connectivity index (χ3n) is 4.86. The lowest BCUT2D eigenvalue weighted by Gasteiger charge is -2.28. The minimum Gasteiger partial charge on any atom is -0.490 e. The van der Waals surface area contributed by atoms with E-state index < -0.39 is 5.60 Å². The maximum Gasteiger partial charge on any atom is 0.256 e. The van der Waals surface area contributed by atoms with E-state index in [1.165, 1.54) is 12.8 Å². The molecule has 0 heterocycles. The molecule has 1 amide bonds. The zero-order valence-corrected chi connectivity index (χ0v) is 16.2. The van der Waals surface area contributed by atoms with E-state index in [0.717, 1.165) is 42.7 Å². The Morgan fingerprint density at radius 1 is 1.24 bits per heavy atom. The molecule has 0 radical (unpaired) electrons. The van der Waals surface area contributed by atoms with Gasteiger partial charge in [-0.25, -0.2) is 0 Å². The molecule has 1 aliphatic rings. The van der Waals surface area contributed by atoms with Gasteiger partial charge in [-0.05, 0) is 76.1 Å². The number of carbonyl (C=O) groups excluding carboxylic acids is 1. The highest BCUT2D eigenvalue weighted by molar-refractivity contribution is 5.97. The Balaban J connectivity index is 2.02. The van der Waals surface area contributed by atoms with E-state index >= 15 is 0 Å². The maximum absolute atomic E-state index is 12.7. The van der Waals surface area contributed by atoms with Crippen molar-refractivity contribution in [2.45, 2.75) is 84.3 Å². The Kier molecular flexibility index (Phi) is 7.30. The van der Waals surface area contributed by atoms with Crippen LogP contribution in [0.4, 0.5) is 5.69 Å². The first-order valence-electron chi connectivity index (χ1n) is 9.71. The smallest absolute Gasteiger partial charge is 0.256 e. The van der Waals surface area contributed by atoms with E-state index in [2.05, 4.69) is 19.2 Å². The summed E-state index contributed by atoms with van der Waals surface area (Å²) in [5.41, 5.74) is 1.07. The van der Waals surface area contributed by atoms with Crippen molar-refractivity contribution in [2.75, 3.05) is 11.9 Å². The number of anilines is 1. The fourth-order valence-corrected chi connectivity index (χ4v) is 3.36. The van der Waals surface area contributed by atoms with Crippen molar-refractivity contribution >= 4 is 11.6 Å². The number of benzene rings is 1. The van der Waals surface area contributed by atoms with Crippen molar-refractivity contribution in [1.82, 2.24) is 0 Å². The van der Waals surface area contributed by atoms with E-state index in [-0.39, 0.29) is 5.91 Å². The first kappa shape index (κ1) is 19.8. The molecule has 0 spiro atoms.